The highest BCUT2D eigenvalue weighted by molar-refractivity contribution is 5.98. The van der Waals surface area contributed by atoms with Gasteiger partial charge in [-0.1, -0.05) is 6.92 Å². The Morgan fingerprint density at radius 2 is 1.89 bits per heavy atom. The second-order valence-electron chi connectivity index (χ2n) is 3.96. The van der Waals surface area contributed by atoms with Gasteiger partial charge in [0.2, 0.25) is 6.41 Å². The zero-order valence-electron chi connectivity index (χ0n) is 11.5. The molecule has 5 nitrogen and oxygen atoms in total. The maximum Gasteiger partial charge on any atom is 0.207 e. The van der Waals surface area contributed by atoms with Crippen LogP contribution in [-0.4, -0.2) is 33.0 Å². The lowest BCUT2D eigenvalue weighted by Crippen LogP contribution is -2.16. The molecule has 0 bridgehead atoms. The molecule has 0 spiro atoms. The van der Waals surface area contributed by atoms with Crippen LogP contribution in [0.1, 0.15) is 29.3 Å². The van der Waals surface area contributed by atoms with Gasteiger partial charge in [0.15, 0.2) is 17.3 Å². The Bertz CT molecular complexity index is 457. The molecular weight excluding hydrogens is 246 g/mol. The Kier molecular flexibility index (Phi) is 5.85. The van der Waals surface area contributed by atoms with E-state index in [1.165, 1.54) is 7.11 Å². The number of carbonyl (C=O) groups excluding carboxylic acids is 2. The lowest BCUT2D eigenvalue weighted by atomic mass is 9.98. The van der Waals surface area contributed by atoms with Crippen LogP contribution in [0.2, 0.25) is 0 Å². The maximum absolute atomic E-state index is 11.9. The molecule has 0 saturated heterocycles. The molecule has 0 heterocycles. The molecule has 104 valence electrons. The summed E-state index contributed by atoms with van der Waals surface area (Å²) in [6, 6.07) is 3.48. The number of hydrogen-bond donors (Lipinski definition) is 1. The Labute approximate surface area is 112 Å². The van der Waals surface area contributed by atoms with Crippen molar-refractivity contribution >= 4 is 12.2 Å². The highest BCUT2D eigenvalue weighted by atomic mass is 16.5. The molecule has 1 aromatic carbocycles. The molecule has 1 N–H and O–H groups in total. The molecular formula is C14H19NO4. The number of ketones is 1. The van der Waals surface area contributed by atoms with Crippen molar-refractivity contribution in [3.05, 3.63) is 23.3 Å². The number of methoxy groups -OCH3 is 2. The van der Waals surface area contributed by atoms with Crippen molar-refractivity contribution in [3.63, 3.8) is 0 Å². The quantitative estimate of drug-likeness (QED) is 0.440. The van der Waals surface area contributed by atoms with Gasteiger partial charge in [-0.05, 0) is 24.1 Å². The third kappa shape index (κ3) is 3.71. The molecule has 19 heavy (non-hydrogen) atoms. The zero-order chi connectivity index (χ0) is 14.3. The molecule has 0 aliphatic carbocycles. The number of benzene rings is 1. The van der Waals surface area contributed by atoms with Crippen LogP contribution in [0.5, 0.6) is 11.5 Å². The summed E-state index contributed by atoms with van der Waals surface area (Å²) in [7, 11) is 3.08. The Balaban J connectivity index is 3.15. The van der Waals surface area contributed by atoms with Gasteiger partial charge in [-0.3, -0.25) is 9.59 Å². The molecule has 0 atom stereocenters. The predicted octanol–water partition coefficient (Wildman–Crippen LogP) is 1.58. The van der Waals surface area contributed by atoms with Crippen molar-refractivity contribution in [1.82, 2.24) is 5.32 Å². The first-order valence-electron chi connectivity index (χ1n) is 6.13. The van der Waals surface area contributed by atoms with Gasteiger partial charge < -0.3 is 14.8 Å². The van der Waals surface area contributed by atoms with Gasteiger partial charge in [-0.25, -0.2) is 0 Å². The van der Waals surface area contributed by atoms with Gasteiger partial charge in [0.25, 0.3) is 0 Å². The summed E-state index contributed by atoms with van der Waals surface area (Å²) in [5, 5.41) is 2.58. The van der Waals surface area contributed by atoms with E-state index in [1.807, 2.05) is 6.92 Å². The first-order valence-corrected chi connectivity index (χ1v) is 6.13. The lowest BCUT2D eigenvalue weighted by molar-refractivity contribution is -0.109. The average Bonchev–Trinajstić information content (AvgIpc) is 2.46. The second-order valence-corrected chi connectivity index (χ2v) is 3.96. The molecule has 5 heteroatoms. The molecule has 0 radical (unpaired) electrons. The zero-order valence-corrected chi connectivity index (χ0v) is 11.5. The molecule has 0 aliphatic heterocycles. The molecule has 0 aromatic heterocycles. The Morgan fingerprint density at radius 1 is 1.26 bits per heavy atom. The Morgan fingerprint density at radius 3 is 2.42 bits per heavy atom. The van der Waals surface area contributed by atoms with E-state index in [0.29, 0.717) is 42.9 Å². The van der Waals surface area contributed by atoms with E-state index in [2.05, 4.69) is 5.32 Å². The summed E-state index contributed by atoms with van der Waals surface area (Å²) in [4.78, 5) is 22.2. The predicted molar refractivity (Wildman–Crippen MR) is 71.9 cm³/mol. The molecule has 0 fully saturated rings. The smallest absolute Gasteiger partial charge is 0.207 e. The van der Waals surface area contributed by atoms with Crippen molar-refractivity contribution < 1.29 is 19.1 Å². The van der Waals surface area contributed by atoms with E-state index >= 15 is 0 Å². The van der Waals surface area contributed by atoms with E-state index in [-0.39, 0.29) is 5.78 Å². The highest BCUT2D eigenvalue weighted by Crippen LogP contribution is 2.31. The minimum atomic E-state index is 0.0436. The van der Waals surface area contributed by atoms with Crippen molar-refractivity contribution in [1.29, 1.82) is 0 Å². The van der Waals surface area contributed by atoms with E-state index in [1.54, 1.807) is 19.2 Å². The SMILES string of the molecule is CCC(=O)c1cc(OC)c(OC)cc1CCNC=O. The molecule has 0 unspecified atom stereocenters. The average molecular weight is 265 g/mol. The molecule has 1 amide bonds. The monoisotopic (exact) mass is 265 g/mol. The van der Waals surface area contributed by atoms with Gasteiger partial charge in [-0.15, -0.1) is 0 Å². The fourth-order valence-electron chi connectivity index (χ4n) is 1.84. The largest absolute Gasteiger partial charge is 0.493 e. The van der Waals surface area contributed by atoms with Crippen LogP contribution < -0.4 is 14.8 Å². The van der Waals surface area contributed by atoms with E-state index in [9.17, 15) is 9.59 Å². The van der Waals surface area contributed by atoms with Crippen LogP contribution in [-0.2, 0) is 11.2 Å². The fourth-order valence-corrected chi connectivity index (χ4v) is 1.84. The maximum atomic E-state index is 11.9. The van der Waals surface area contributed by atoms with E-state index in [0.717, 1.165) is 5.56 Å². The number of Topliss-reactive ketones (excluding diaryl/α,β-unsaturated/α-hetero) is 1. The minimum Gasteiger partial charge on any atom is -0.493 e. The number of ether oxygens (including phenoxy) is 2. The summed E-state index contributed by atoms with van der Waals surface area (Å²) < 4.78 is 10.4. The third-order valence-corrected chi connectivity index (χ3v) is 2.85. The molecule has 0 aliphatic rings. The minimum absolute atomic E-state index is 0.0436. The summed E-state index contributed by atoms with van der Waals surface area (Å²) >= 11 is 0. The Hall–Kier alpha value is -2.04. The number of carbonyl (C=O) groups is 2. The first-order chi connectivity index (χ1) is 9.17. The standard InChI is InChI=1S/C14H19NO4/c1-4-12(17)11-8-14(19-3)13(18-2)7-10(11)5-6-15-9-16/h7-9H,4-6H2,1-3H3,(H,15,16). The second kappa shape index (κ2) is 7.41. The van der Waals surface area contributed by atoms with Gasteiger partial charge in [0.1, 0.15) is 0 Å². The molecule has 0 saturated carbocycles. The van der Waals surface area contributed by atoms with Gasteiger partial charge in [0, 0.05) is 18.5 Å². The van der Waals surface area contributed by atoms with Crippen molar-refractivity contribution in [3.8, 4) is 11.5 Å². The number of hydrogen-bond acceptors (Lipinski definition) is 4. The summed E-state index contributed by atoms with van der Waals surface area (Å²) in [5.74, 6) is 1.16. The van der Waals surface area contributed by atoms with Crippen LogP contribution in [0, 0.1) is 0 Å². The van der Waals surface area contributed by atoms with Crippen molar-refractivity contribution in [2.75, 3.05) is 20.8 Å². The summed E-state index contributed by atoms with van der Waals surface area (Å²) in [6.07, 6.45) is 1.63. The van der Waals surface area contributed by atoms with Crippen LogP contribution >= 0.6 is 0 Å². The van der Waals surface area contributed by atoms with E-state index < -0.39 is 0 Å². The van der Waals surface area contributed by atoms with Gasteiger partial charge in [0.05, 0.1) is 14.2 Å². The summed E-state index contributed by atoms with van der Waals surface area (Å²) in [6.45, 7) is 2.29. The topological polar surface area (TPSA) is 64.6 Å². The fraction of sp³-hybridized carbons (Fsp3) is 0.429. The lowest BCUT2D eigenvalue weighted by Gasteiger charge is -2.14. The highest BCUT2D eigenvalue weighted by Gasteiger charge is 2.15. The number of nitrogens with one attached hydrogen (secondary N) is 1. The van der Waals surface area contributed by atoms with Crippen molar-refractivity contribution in [2.45, 2.75) is 19.8 Å². The number of amides is 1. The normalized spacial score (nSPS) is 9.84. The van der Waals surface area contributed by atoms with Crippen LogP contribution in [0.25, 0.3) is 0 Å². The van der Waals surface area contributed by atoms with E-state index in [4.69, 9.17) is 9.47 Å². The molecule has 1 aromatic rings. The van der Waals surface area contributed by atoms with Crippen LogP contribution in [0.4, 0.5) is 0 Å². The first kappa shape index (κ1) is 15.0. The summed E-state index contributed by atoms with van der Waals surface area (Å²) in [5.41, 5.74) is 1.46. The molecule has 1 rings (SSSR count). The van der Waals surface area contributed by atoms with Crippen LogP contribution in [0.3, 0.4) is 0 Å². The number of rotatable bonds is 8. The van der Waals surface area contributed by atoms with Gasteiger partial charge in [-0.2, -0.15) is 0 Å². The van der Waals surface area contributed by atoms with Crippen LogP contribution in [0.15, 0.2) is 12.1 Å². The van der Waals surface area contributed by atoms with Gasteiger partial charge >= 0.3 is 0 Å². The van der Waals surface area contributed by atoms with Crippen molar-refractivity contribution in [2.24, 2.45) is 0 Å². The third-order valence-electron chi connectivity index (χ3n) is 2.85.